The Labute approximate surface area is 227 Å². The first-order valence-corrected chi connectivity index (χ1v) is 12.6. The summed E-state index contributed by atoms with van der Waals surface area (Å²) in [7, 11) is 7.68. The van der Waals surface area contributed by atoms with Crippen LogP contribution in [-0.4, -0.2) is 46.4 Å². The molecular formula is C30H32N2O7. The van der Waals surface area contributed by atoms with Crippen molar-refractivity contribution in [3.8, 4) is 34.5 Å². The number of carbonyl (C=O) groups is 1. The van der Waals surface area contributed by atoms with Crippen LogP contribution < -0.4 is 34.3 Å². The van der Waals surface area contributed by atoms with Crippen molar-refractivity contribution >= 4 is 17.2 Å². The maximum absolute atomic E-state index is 14.0. The van der Waals surface area contributed by atoms with E-state index in [4.69, 9.17) is 23.7 Å². The van der Waals surface area contributed by atoms with Gasteiger partial charge in [0.15, 0.2) is 28.8 Å². The number of ketones is 1. The Balaban J connectivity index is 1.63. The minimum atomic E-state index is -0.507. The minimum Gasteiger partial charge on any atom is -0.502 e. The fourth-order valence-corrected chi connectivity index (χ4v) is 5.40. The van der Waals surface area contributed by atoms with Crippen molar-refractivity contribution in [1.82, 2.24) is 0 Å². The molecule has 39 heavy (non-hydrogen) atoms. The molecule has 3 aromatic rings. The van der Waals surface area contributed by atoms with Crippen LogP contribution in [0.15, 0.2) is 59.8 Å². The number of methoxy groups -OCH3 is 5. The van der Waals surface area contributed by atoms with Crippen LogP contribution in [0.1, 0.15) is 35.9 Å². The number of rotatable bonds is 7. The van der Waals surface area contributed by atoms with Gasteiger partial charge in [0.05, 0.1) is 53.0 Å². The molecule has 0 spiro atoms. The number of phenols is 1. The van der Waals surface area contributed by atoms with E-state index in [1.54, 1.807) is 33.5 Å². The molecule has 9 heteroatoms. The Bertz CT molecular complexity index is 1400. The second-order valence-electron chi connectivity index (χ2n) is 9.40. The van der Waals surface area contributed by atoms with Gasteiger partial charge < -0.3 is 39.4 Å². The van der Waals surface area contributed by atoms with E-state index in [2.05, 4.69) is 10.6 Å². The van der Waals surface area contributed by atoms with E-state index in [9.17, 15) is 9.90 Å². The maximum atomic E-state index is 14.0. The van der Waals surface area contributed by atoms with Crippen LogP contribution in [0.5, 0.6) is 34.5 Å². The molecule has 2 atom stereocenters. The lowest BCUT2D eigenvalue weighted by atomic mass is 9.78. The third-order valence-corrected chi connectivity index (χ3v) is 7.30. The van der Waals surface area contributed by atoms with E-state index in [-0.39, 0.29) is 28.9 Å². The van der Waals surface area contributed by atoms with E-state index >= 15 is 0 Å². The average Bonchev–Trinajstić information content (AvgIpc) is 3.13. The van der Waals surface area contributed by atoms with E-state index in [1.807, 2.05) is 36.4 Å². The zero-order chi connectivity index (χ0) is 27.7. The van der Waals surface area contributed by atoms with Crippen molar-refractivity contribution in [1.29, 1.82) is 0 Å². The summed E-state index contributed by atoms with van der Waals surface area (Å²) in [6, 6.07) is 14.6. The van der Waals surface area contributed by atoms with E-state index in [1.165, 1.54) is 14.2 Å². The SMILES string of the molecule is COc1cc([C@H]2Nc3ccccc3NC3=C2C(=O)C[C@H](c2cc(OC)c(OC)c(OC)c2)C3)cc(OC)c1O. The van der Waals surface area contributed by atoms with Gasteiger partial charge in [0, 0.05) is 17.7 Å². The number of benzene rings is 3. The Kier molecular flexibility index (Phi) is 7.15. The first-order valence-electron chi connectivity index (χ1n) is 12.6. The van der Waals surface area contributed by atoms with Crippen molar-refractivity contribution in [2.45, 2.75) is 24.8 Å². The molecule has 0 bridgehead atoms. The van der Waals surface area contributed by atoms with Crippen molar-refractivity contribution < 1.29 is 33.6 Å². The smallest absolute Gasteiger partial charge is 0.203 e. The largest absolute Gasteiger partial charge is 0.502 e. The third-order valence-electron chi connectivity index (χ3n) is 7.30. The first kappa shape index (κ1) is 26.1. The maximum Gasteiger partial charge on any atom is 0.203 e. The summed E-state index contributed by atoms with van der Waals surface area (Å²) in [5, 5.41) is 17.6. The normalized spacial score (nSPS) is 18.1. The van der Waals surface area contributed by atoms with E-state index < -0.39 is 6.04 Å². The Hall–Kier alpha value is -4.53. The molecule has 0 radical (unpaired) electrons. The van der Waals surface area contributed by atoms with Crippen LogP contribution in [0.4, 0.5) is 11.4 Å². The number of Topliss-reactive ketones (excluding diaryl/α,β-unsaturated/α-hetero) is 1. The van der Waals surface area contributed by atoms with Gasteiger partial charge in [-0.2, -0.15) is 0 Å². The molecule has 1 aliphatic carbocycles. The number of nitrogens with one attached hydrogen (secondary N) is 2. The monoisotopic (exact) mass is 532 g/mol. The molecule has 1 heterocycles. The number of carbonyl (C=O) groups excluding carboxylic acids is 1. The van der Waals surface area contributed by atoms with Gasteiger partial charge >= 0.3 is 0 Å². The Morgan fingerprint density at radius 2 is 1.31 bits per heavy atom. The lowest BCUT2D eigenvalue weighted by Gasteiger charge is -2.30. The fraction of sp³-hybridized carbons (Fsp3) is 0.300. The zero-order valence-electron chi connectivity index (χ0n) is 22.6. The Morgan fingerprint density at radius 3 is 1.87 bits per heavy atom. The number of hydrogen-bond acceptors (Lipinski definition) is 9. The second kappa shape index (κ2) is 10.7. The van der Waals surface area contributed by atoms with Gasteiger partial charge in [-0.1, -0.05) is 12.1 Å². The number of phenolic OH excluding ortho intramolecular Hbond substituents is 1. The van der Waals surface area contributed by atoms with Crippen molar-refractivity contribution in [3.63, 3.8) is 0 Å². The molecule has 3 aromatic carbocycles. The minimum absolute atomic E-state index is 0.00110. The van der Waals surface area contributed by atoms with Crippen molar-refractivity contribution in [3.05, 3.63) is 70.9 Å². The predicted octanol–water partition coefficient (Wildman–Crippen LogP) is 5.41. The van der Waals surface area contributed by atoms with Gasteiger partial charge in [-0.05, 0) is 59.9 Å². The number of allylic oxidation sites excluding steroid dienone is 1. The molecule has 0 saturated carbocycles. The Morgan fingerprint density at radius 1 is 0.744 bits per heavy atom. The summed E-state index contributed by atoms with van der Waals surface area (Å²) in [5.74, 6) is 1.90. The van der Waals surface area contributed by atoms with Gasteiger partial charge in [0.2, 0.25) is 11.5 Å². The summed E-state index contributed by atoms with van der Waals surface area (Å²) in [5.41, 5.74) is 4.81. The highest BCUT2D eigenvalue weighted by Crippen LogP contribution is 2.48. The summed E-state index contributed by atoms with van der Waals surface area (Å²) in [6.07, 6.45) is 0.874. The summed E-state index contributed by atoms with van der Waals surface area (Å²) in [6.45, 7) is 0. The molecule has 3 N–H and O–H groups in total. The molecule has 2 aliphatic rings. The number of hydrogen-bond donors (Lipinski definition) is 3. The molecule has 9 nitrogen and oxygen atoms in total. The topological polar surface area (TPSA) is 108 Å². The van der Waals surface area contributed by atoms with Crippen LogP contribution in [0.2, 0.25) is 0 Å². The number of ether oxygens (including phenoxy) is 5. The van der Waals surface area contributed by atoms with Crippen molar-refractivity contribution in [2.75, 3.05) is 46.2 Å². The van der Waals surface area contributed by atoms with Gasteiger partial charge in [-0.3, -0.25) is 4.79 Å². The van der Waals surface area contributed by atoms with E-state index in [0.717, 1.165) is 28.2 Å². The number of anilines is 2. The van der Waals surface area contributed by atoms with E-state index in [0.29, 0.717) is 35.7 Å². The lowest BCUT2D eigenvalue weighted by Crippen LogP contribution is -2.27. The molecule has 1 aliphatic heterocycles. The highest BCUT2D eigenvalue weighted by Gasteiger charge is 2.37. The molecule has 0 amide bonds. The molecule has 0 fully saturated rings. The molecular weight excluding hydrogens is 500 g/mol. The predicted molar refractivity (Wildman–Crippen MR) is 148 cm³/mol. The molecule has 0 aromatic heterocycles. The quantitative estimate of drug-likeness (QED) is 0.368. The van der Waals surface area contributed by atoms with Crippen LogP contribution in [-0.2, 0) is 4.79 Å². The second-order valence-corrected chi connectivity index (χ2v) is 9.40. The standard InChI is InChI=1S/C30H32N2O7/c1-35-23-14-18(15-24(36-2)29(23)34)28-27-21(31-19-8-6-7-9-20(19)32-28)10-16(11-22(27)33)17-12-25(37-3)30(39-5)26(13-17)38-4/h6-9,12-16,28,31-32,34H,10-11H2,1-5H3/t16-,28-/m1/s1. The van der Waals surface area contributed by atoms with Gasteiger partial charge in [0.25, 0.3) is 0 Å². The number of aromatic hydroxyl groups is 1. The lowest BCUT2D eigenvalue weighted by molar-refractivity contribution is -0.116. The number of fused-ring (bicyclic) bond motifs is 1. The number of para-hydroxylation sites is 2. The van der Waals surface area contributed by atoms with Crippen LogP contribution >= 0.6 is 0 Å². The highest BCUT2D eigenvalue weighted by atomic mass is 16.5. The molecule has 0 unspecified atom stereocenters. The van der Waals surface area contributed by atoms with Crippen molar-refractivity contribution in [2.24, 2.45) is 0 Å². The molecule has 204 valence electrons. The van der Waals surface area contributed by atoms with Crippen LogP contribution in [0, 0.1) is 0 Å². The fourth-order valence-electron chi connectivity index (χ4n) is 5.40. The first-order chi connectivity index (χ1) is 18.9. The van der Waals surface area contributed by atoms with Crippen LogP contribution in [0.3, 0.4) is 0 Å². The zero-order valence-corrected chi connectivity index (χ0v) is 22.6. The third kappa shape index (κ3) is 4.65. The summed E-state index contributed by atoms with van der Waals surface area (Å²) < 4.78 is 27.4. The molecule has 0 saturated heterocycles. The molecule has 5 rings (SSSR count). The van der Waals surface area contributed by atoms with Gasteiger partial charge in [-0.25, -0.2) is 0 Å². The summed E-state index contributed by atoms with van der Waals surface area (Å²) in [4.78, 5) is 14.0. The average molecular weight is 533 g/mol. The van der Waals surface area contributed by atoms with Gasteiger partial charge in [0.1, 0.15) is 0 Å². The summed E-state index contributed by atoms with van der Waals surface area (Å²) >= 11 is 0. The van der Waals surface area contributed by atoms with Gasteiger partial charge in [-0.15, -0.1) is 0 Å². The highest BCUT2D eigenvalue weighted by molar-refractivity contribution is 6.01. The van der Waals surface area contributed by atoms with Crippen LogP contribution in [0.25, 0.3) is 0 Å².